The van der Waals surface area contributed by atoms with Gasteiger partial charge in [0.15, 0.2) is 0 Å². The van der Waals surface area contributed by atoms with Gasteiger partial charge in [0, 0.05) is 24.7 Å². The predicted molar refractivity (Wildman–Crippen MR) is 75.0 cm³/mol. The first kappa shape index (κ1) is 12.3. The van der Waals surface area contributed by atoms with Crippen molar-refractivity contribution in [1.29, 1.82) is 0 Å². The number of hydrogen-bond donors (Lipinski definition) is 0. The van der Waals surface area contributed by atoms with Gasteiger partial charge >= 0.3 is 5.97 Å². The highest BCUT2D eigenvalue weighted by Gasteiger charge is 2.19. The van der Waals surface area contributed by atoms with Gasteiger partial charge in [-0.15, -0.1) is 0 Å². The molecule has 100 valence electrons. The zero-order chi connectivity index (χ0) is 13.2. The highest BCUT2D eigenvalue weighted by atomic mass is 16.5. The lowest BCUT2D eigenvalue weighted by atomic mass is 10.00. The zero-order valence-corrected chi connectivity index (χ0v) is 11.3. The number of nitrogens with zero attached hydrogens (tertiary/aromatic N) is 1. The van der Waals surface area contributed by atoms with E-state index in [0.29, 0.717) is 12.5 Å². The molecule has 0 fully saturated rings. The van der Waals surface area contributed by atoms with Crippen LogP contribution in [0, 0.1) is 5.92 Å². The number of ether oxygens (including phenoxy) is 1. The summed E-state index contributed by atoms with van der Waals surface area (Å²) < 4.78 is 7.60. The Morgan fingerprint density at radius 1 is 1.42 bits per heavy atom. The van der Waals surface area contributed by atoms with Crippen LogP contribution in [-0.4, -0.2) is 17.1 Å². The van der Waals surface area contributed by atoms with E-state index in [0.717, 1.165) is 25.8 Å². The normalized spacial score (nSPS) is 18.9. The minimum absolute atomic E-state index is 0.176. The third-order valence-corrected chi connectivity index (χ3v) is 3.91. The SMILES string of the molecule is CC(=O)OCC1CCCn2c(cc3ccccc32)C1. The molecule has 0 N–H and O–H groups in total. The first-order valence-corrected chi connectivity index (χ1v) is 6.94. The summed E-state index contributed by atoms with van der Waals surface area (Å²) in [6, 6.07) is 10.8. The Hall–Kier alpha value is -1.77. The smallest absolute Gasteiger partial charge is 0.302 e. The Labute approximate surface area is 113 Å². The van der Waals surface area contributed by atoms with Gasteiger partial charge in [0.25, 0.3) is 0 Å². The zero-order valence-electron chi connectivity index (χ0n) is 11.3. The second-order valence-corrected chi connectivity index (χ2v) is 5.36. The van der Waals surface area contributed by atoms with E-state index in [4.69, 9.17) is 4.74 Å². The predicted octanol–water partition coefficient (Wildman–Crippen LogP) is 3.16. The van der Waals surface area contributed by atoms with Crippen LogP contribution >= 0.6 is 0 Å². The lowest BCUT2D eigenvalue weighted by molar-refractivity contribution is -0.142. The Morgan fingerprint density at radius 3 is 3.11 bits per heavy atom. The molecule has 2 heterocycles. The standard InChI is InChI=1S/C16H19NO2/c1-12(18)19-11-13-5-4-8-17-15(9-13)10-14-6-2-3-7-16(14)17/h2-3,6-7,10,13H,4-5,8-9,11H2,1H3. The second kappa shape index (κ2) is 5.08. The van der Waals surface area contributed by atoms with Gasteiger partial charge in [-0.2, -0.15) is 0 Å². The molecule has 1 aliphatic heterocycles. The van der Waals surface area contributed by atoms with Crippen LogP contribution in [0.3, 0.4) is 0 Å². The molecule has 1 unspecified atom stereocenters. The molecule has 0 aliphatic carbocycles. The van der Waals surface area contributed by atoms with Gasteiger partial charge < -0.3 is 9.30 Å². The fourth-order valence-corrected chi connectivity index (χ4v) is 3.01. The molecule has 1 atom stereocenters. The Balaban J connectivity index is 1.85. The van der Waals surface area contributed by atoms with E-state index in [1.165, 1.54) is 23.5 Å². The van der Waals surface area contributed by atoms with Crippen LogP contribution < -0.4 is 0 Å². The third-order valence-electron chi connectivity index (χ3n) is 3.91. The number of aromatic nitrogens is 1. The van der Waals surface area contributed by atoms with Crippen LogP contribution in [-0.2, 0) is 22.5 Å². The molecule has 3 heteroatoms. The molecule has 3 rings (SSSR count). The Bertz CT molecular complexity index is 600. The third kappa shape index (κ3) is 2.50. The molecular weight excluding hydrogens is 238 g/mol. The van der Waals surface area contributed by atoms with Crippen molar-refractivity contribution in [2.24, 2.45) is 5.92 Å². The van der Waals surface area contributed by atoms with Crippen molar-refractivity contribution in [2.45, 2.75) is 32.7 Å². The fourth-order valence-electron chi connectivity index (χ4n) is 3.01. The quantitative estimate of drug-likeness (QED) is 0.774. The van der Waals surface area contributed by atoms with E-state index in [-0.39, 0.29) is 5.97 Å². The molecule has 0 amide bonds. The number of rotatable bonds is 2. The van der Waals surface area contributed by atoms with Gasteiger partial charge in [0.2, 0.25) is 0 Å². The molecule has 1 aromatic carbocycles. The summed E-state index contributed by atoms with van der Waals surface area (Å²) in [7, 11) is 0. The molecule has 1 aliphatic rings. The van der Waals surface area contributed by atoms with Crippen molar-refractivity contribution in [3.63, 3.8) is 0 Å². The van der Waals surface area contributed by atoms with E-state index in [1.54, 1.807) is 0 Å². The summed E-state index contributed by atoms with van der Waals surface area (Å²) >= 11 is 0. The Morgan fingerprint density at radius 2 is 2.26 bits per heavy atom. The molecule has 0 saturated carbocycles. The van der Waals surface area contributed by atoms with E-state index in [9.17, 15) is 4.79 Å². The van der Waals surface area contributed by atoms with Gasteiger partial charge in [0.05, 0.1) is 6.61 Å². The van der Waals surface area contributed by atoms with Crippen LogP contribution in [0.4, 0.5) is 0 Å². The molecule has 0 spiro atoms. The topological polar surface area (TPSA) is 31.2 Å². The summed E-state index contributed by atoms with van der Waals surface area (Å²) in [5, 5.41) is 1.31. The van der Waals surface area contributed by atoms with E-state index >= 15 is 0 Å². The largest absolute Gasteiger partial charge is 0.466 e. The second-order valence-electron chi connectivity index (χ2n) is 5.36. The molecule has 3 nitrogen and oxygen atoms in total. The van der Waals surface area contributed by atoms with Crippen LogP contribution in [0.1, 0.15) is 25.5 Å². The summed E-state index contributed by atoms with van der Waals surface area (Å²) in [5.74, 6) is 0.277. The van der Waals surface area contributed by atoms with Crippen molar-refractivity contribution >= 4 is 16.9 Å². The van der Waals surface area contributed by atoms with E-state index in [2.05, 4.69) is 34.9 Å². The number of benzene rings is 1. The highest BCUT2D eigenvalue weighted by molar-refractivity contribution is 5.81. The maximum atomic E-state index is 10.9. The summed E-state index contributed by atoms with van der Waals surface area (Å²) in [6.45, 7) is 3.10. The maximum absolute atomic E-state index is 10.9. The summed E-state index contributed by atoms with van der Waals surface area (Å²) in [5.41, 5.74) is 2.70. The van der Waals surface area contributed by atoms with Gasteiger partial charge in [-0.1, -0.05) is 18.2 Å². The molecule has 0 bridgehead atoms. The average molecular weight is 257 g/mol. The molecular formula is C16H19NO2. The van der Waals surface area contributed by atoms with Crippen molar-refractivity contribution in [2.75, 3.05) is 6.61 Å². The van der Waals surface area contributed by atoms with Crippen molar-refractivity contribution in [3.8, 4) is 0 Å². The molecule has 1 aromatic heterocycles. The van der Waals surface area contributed by atoms with E-state index < -0.39 is 0 Å². The Kier molecular flexibility index (Phi) is 3.28. The number of fused-ring (bicyclic) bond motifs is 3. The first-order valence-electron chi connectivity index (χ1n) is 6.94. The minimum Gasteiger partial charge on any atom is -0.466 e. The summed E-state index contributed by atoms with van der Waals surface area (Å²) in [6.07, 6.45) is 3.28. The van der Waals surface area contributed by atoms with Gasteiger partial charge in [-0.05, 0) is 42.7 Å². The van der Waals surface area contributed by atoms with Gasteiger partial charge in [-0.3, -0.25) is 4.79 Å². The lowest BCUT2D eigenvalue weighted by Crippen LogP contribution is -2.14. The van der Waals surface area contributed by atoms with Crippen molar-refractivity contribution in [1.82, 2.24) is 4.57 Å². The highest BCUT2D eigenvalue weighted by Crippen LogP contribution is 2.27. The monoisotopic (exact) mass is 257 g/mol. The molecule has 0 saturated heterocycles. The van der Waals surface area contributed by atoms with Crippen LogP contribution in [0.15, 0.2) is 30.3 Å². The summed E-state index contributed by atoms with van der Waals surface area (Å²) in [4.78, 5) is 10.9. The van der Waals surface area contributed by atoms with Gasteiger partial charge in [0.1, 0.15) is 0 Å². The number of carbonyl (C=O) groups excluding carboxylic acids is 1. The lowest BCUT2D eigenvalue weighted by Gasteiger charge is -2.13. The van der Waals surface area contributed by atoms with Crippen LogP contribution in [0.25, 0.3) is 10.9 Å². The molecule has 2 aromatic rings. The van der Waals surface area contributed by atoms with Crippen molar-refractivity contribution < 1.29 is 9.53 Å². The van der Waals surface area contributed by atoms with Crippen molar-refractivity contribution in [3.05, 3.63) is 36.0 Å². The molecule has 19 heavy (non-hydrogen) atoms. The van der Waals surface area contributed by atoms with E-state index in [1.807, 2.05) is 0 Å². The molecule has 0 radical (unpaired) electrons. The number of para-hydroxylation sites is 1. The number of aryl methyl sites for hydroxylation is 1. The number of carbonyl (C=O) groups is 1. The van der Waals surface area contributed by atoms with Crippen LogP contribution in [0.2, 0.25) is 0 Å². The first-order chi connectivity index (χ1) is 9.24. The minimum atomic E-state index is -0.176. The fraction of sp³-hybridized carbons (Fsp3) is 0.438. The van der Waals surface area contributed by atoms with Gasteiger partial charge in [-0.25, -0.2) is 0 Å². The average Bonchev–Trinajstić information content (AvgIpc) is 2.61. The number of esters is 1. The van der Waals surface area contributed by atoms with Crippen LogP contribution in [0.5, 0.6) is 0 Å². The number of hydrogen-bond acceptors (Lipinski definition) is 2. The maximum Gasteiger partial charge on any atom is 0.302 e.